The predicted octanol–water partition coefficient (Wildman–Crippen LogP) is 3.50. The lowest BCUT2D eigenvalue weighted by molar-refractivity contribution is 0.257. The number of imidazole rings is 1. The molecule has 0 fully saturated rings. The second-order valence-corrected chi connectivity index (χ2v) is 7.76. The van der Waals surface area contributed by atoms with E-state index < -0.39 is 0 Å². The first-order valence-electron chi connectivity index (χ1n) is 8.79. The zero-order chi connectivity index (χ0) is 19.0. The van der Waals surface area contributed by atoms with Gasteiger partial charge in [-0.3, -0.25) is 4.79 Å². The van der Waals surface area contributed by atoms with Crippen LogP contribution in [-0.2, 0) is 0 Å². The Kier molecular flexibility index (Phi) is 4.58. The summed E-state index contributed by atoms with van der Waals surface area (Å²) in [4.78, 5) is 18.1. The summed E-state index contributed by atoms with van der Waals surface area (Å²) in [5, 5.41) is 0. The first-order valence-corrected chi connectivity index (χ1v) is 9.61. The van der Waals surface area contributed by atoms with Gasteiger partial charge in [0.05, 0.1) is 29.3 Å². The molecule has 5 nitrogen and oxygen atoms in total. The van der Waals surface area contributed by atoms with Gasteiger partial charge >= 0.3 is 0 Å². The van der Waals surface area contributed by atoms with Crippen LogP contribution in [0.4, 0.5) is 0 Å². The fourth-order valence-corrected chi connectivity index (χ4v) is 3.90. The lowest BCUT2D eigenvalue weighted by Gasteiger charge is -2.12. The number of hydrogen-bond donors (Lipinski definition) is 0. The monoisotopic (exact) mass is 380 g/mol. The summed E-state index contributed by atoms with van der Waals surface area (Å²) in [5.74, 6) is 1.79. The molecular weight excluding hydrogens is 360 g/mol. The van der Waals surface area contributed by atoms with E-state index in [1.807, 2.05) is 48.5 Å². The van der Waals surface area contributed by atoms with Gasteiger partial charge in [-0.05, 0) is 41.8 Å². The Bertz CT molecular complexity index is 1220. The maximum atomic E-state index is 12.9. The Balaban J connectivity index is 1.77. The van der Waals surface area contributed by atoms with Gasteiger partial charge in [0, 0.05) is 0 Å². The Morgan fingerprint density at radius 2 is 2.00 bits per heavy atom. The van der Waals surface area contributed by atoms with Crippen molar-refractivity contribution in [2.45, 2.75) is 13.8 Å². The SMILES string of the molecule is COc1cc(/C=c2/sc3nc4ccccc4n3c2=O)ccc1OCC(C)C. The largest absolute Gasteiger partial charge is 0.493 e. The molecule has 0 saturated carbocycles. The zero-order valence-electron chi connectivity index (χ0n) is 15.4. The Morgan fingerprint density at radius 1 is 1.19 bits per heavy atom. The van der Waals surface area contributed by atoms with Gasteiger partial charge in [-0.2, -0.15) is 0 Å². The van der Waals surface area contributed by atoms with E-state index in [0.717, 1.165) is 16.6 Å². The maximum absolute atomic E-state index is 12.9. The highest BCUT2D eigenvalue weighted by Crippen LogP contribution is 2.28. The minimum absolute atomic E-state index is 0.0530. The molecule has 4 rings (SSSR count). The molecule has 2 aromatic heterocycles. The summed E-state index contributed by atoms with van der Waals surface area (Å²) in [6.07, 6.45) is 1.87. The van der Waals surface area contributed by atoms with Crippen LogP contribution in [0.25, 0.3) is 22.1 Å². The van der Waals surface area contributed by atoms with Crippen LogP contribution in [0.2, 0.25) is 0 Å². The third kappa shape index (κ3) is 3.28. The average molecular weight is 380 g/mol. The summed E-state index contributed by atoms with van der Waals surface area (Å²) in [6, 6.07) is 13.4. The molecule has 6 heteroatoms. The van der Waals surface area contributed by atoms with E-state index in [1.165, 1.54) is 11.3 Å². The molecule has 0 saturated heterocycles. The highest BCUT2D eigenvalue weighted by atomic mass is 32.1. The molecule has 0 atom stereocenters. The second-order valence-electron chi connectivity index (χ2n) is 6.75. The highest BCUT2D eigenvalue weighted by molar-refractivity contribution is 7.15. The van der Waals surface area contributed by atoms with E-state index in [2.05, 4.69) is 18.8 Å². The van der Waals surface area contributed by atoms with Crippen LogP contribution in [0.5, 0.6) is 11.5 Å². The second kappa shape index (κ2) is 7.04. The lowest BCUT2D eigenvalue weighted by atomic mass is 10.2. The van der Waals surface area contributed by atoms with E-state index in [-0.39, 0.29) is 5.56 Å². The van der Waals surface area contributed by atoms with Gasteiger partial charge in [-0.1, -0.05) is 43.4 Å². The number of methoxy groups -OCH3 is 1. The van der Waals surface area contributed by atoms with Crippen molar-refractivity contribution in [2.24, 2.45) is 5.92 Å². The van der Waals surface area contributed by atoms with Crippen molar-refractivity contribution in [2.75, 3.05) is 13.7 Å². The number of benzene rings is 2. The number of rotatable bonds is 5. The first-order chi connectivity index (χ1) is 13.1. The molecule has 4 aromatic rings. The molecule has 0 unspecified atom stereocenters. The van der Waals surface area contributed by atoms with Crippen LogP contribution in [-0.4, -0.2) is 23.1 Å². The third-order valence-electron chi connectivity index (χ3n) is 4.20. The van der Waals surface area contributed by atoms with Crippen molar-refractivity contribution >= 4 is 33.4 Å². The van der Waals surface area contributed by atoms with Crippen molar-refractivity contribution in [1.82, 2.24) is 9.38 Å². The van der Waals surface area contributed by atoms with Crippen molar-refractivity contribution in [1.29, 1.82) is 0 Å². The molecule has 0 amide bonds. The fraction of sp³-hybridized carbons (Fsp3) is 0.238. The van der Waals surface area contributed by atoms with E-state index in [9.17, 15) is 4.79 Å². The van der Waals surface area contributed by atoms with Crippen LogP contribution in [0, 0.1) is 5.92 Å². The van der Waals surface area contributed by atoms with Gasteiger partial charge in [0.25, 0.3) is 5.56 Å². The highest BCUT2D eigenvalue weighted by Gasteiger charge is 2.11. The summed E-state index contributed by atoms with van der Waals surface area (Å²) in [7, 11) is 1.62. The molecular formula is C21H20N2O3S. The normalized spacial score (nSPS) is 12.4. The molecule has 0 radical (unpaired) electrons. The summed E-state index contributed by atoms with van der Waals surface area (Å²) >= 11 is 1.39. The number of para-hydroxylation sites is 2. The van der Waals surface area contributed by atoms with Crippen molar-refractivity contribution in [3.05, 3.63) is 62.9 Å². The van der Waals surface area contributed by atoms with Crippen molar-refractivity contribution in [3.63, 3.8) is 0 Å². The Labute approximate surface area is 160 Å². The molecule has 27 heavy (non-hydrogen) atoms. The number of nitrogens with zero attached hydrogens (tertiary/aromatic N) is 2. The van der Waals surface area contributed by atoms with Crippen LogP contribution >= 0.6 is 11.3 Å². The molecule has 0 spiro atoms. The smallest absolute Gasteiger partial charge is 0.274 e. The Hall–Kier alpha value is -2.86. The molecule has 2 aromatic carbocycles. The standard InChI is InChI=1S/C21H20N2O3S/c1-13(2)12-26-17-9-8-14(10-18(17)25-3)11-19-20(24)23-16-7-5-4-6-15(16)22-21(23)27-19/h4-11,13H,12H2,1-3H3/b19-11+. The summed E-state index contributed by atoms with van der Waals surface area (Å²) in [6.45, 7) is 4.82. The van der Waals surface area contributed by atoms with Gasteiger partial charge in [-0.25, -0.2) is 9.38 Å². The number of aromatic nitrogens is 2. The fourth-order valence-electron chi connectivity index (χ4n) is 2.91. The van der Waals surface area contributed by atoms with Crippen molar-refractivity contribution < 1.29 is 9.47 Å². The van der Waals surface area contributed by atoms with Crippen molar-refractivity contribution in [3.8, 4) is 11.5 Å². The molecule has 2 heterocycles. The van der Waals surface area contributed by atoms with Crippen LogP contribution < -0.4 is 19.6 Å². The van der Waals surface area contributed by atoms with E-state index >= 15 is 0 Å². The lowest BCUT2D eigenvalue weighted by Crippen LogP contribution is -2.22. The van der Waals surface area contributed by atoms with Gasteiger partial charge in [0.1, 0.15) is 0 Å². The van der Waals surface area contributed by atoms with Gasteiger partial charge < -0.3 is 9.47 Å². The van der Waals surface area contributed by atoms with Crippen LogP contribution in [0.15, 0.2) is 47.3 Å². The number of fused-ring (bicyclic) bond motifs is 3. The number of hydrogen-bond acceptors (Lipinski definition) is 5. The topological polar surface area (TPSA) is 52.8 Å². The summed E-state index contributed by atoms with van der Waals surface area (Å²) < 4.78 is 13.6. The van der Waals surface area contributed by atoms with Crippen LogP contribution in [0.1, 0.15) is 19.4 Å². The van der Waals surface area contributed by atoms with E-state index in [0.29, 0.717) is 33.5 Å². The van der Waals surface area contributed by atoms with Gasteiger partial charge in [0.15, 0.2) is 16.5 Å². The maximum Gasteiger partial charge on any atom is 0.274 e. The molecule has 0 aliphatic rings. The quantitative estimate of drug-likeness (QED) is 0.532. The molecule has 0 aliphatic heterocycles. The Morgan fingerprint density at radius 3 is 2.78 bits per heavy atom. The molecule has 0 bridgehead atoms. The predicted molar refractivity (Wildman–Crippen MR) is 109 cm³/mol. The van der Waals surface area contributed by atoms with Gasteiger partial charge in [-0.15, -0.1) is 0 Å². The minimum Gasteiger partial charge on any atom is -0.493 e. The summed E-state index contributed by atoms with van der Waals surface area (Å²) in [5.41, 5.74) is 2.50. The first kappa shape index (κ1) is 17.5. The van der Waals surface area contributed by atoms with Gasteiger partial charge in [0.2, 0.25) is 0 Å². The molecule has 138 valence electrons. The molecule has 0 aliphatic carbocycles. The molecule has 0 N–H and O–H groups in total. The zero-order valence-corrected chi connectivity index (χ0v) is 16.2. The van der Waals surface area contributed by atoms with E-state index in [1.54, 1.807) is 11.5 Å². The number of thiazole rings is 1. The minimum atomic E-state index is -0.0530. The number of ether oxygens (including phenoxy) is 2. The average Bonchev–Trinajstić information content (AvgIpc) is 3.17. The third-order valence-corrected chi connectivity index (χ3v) is 5.17. The van der Waals surface area contributed by atoms with Crippen LogP contribution in [0.3, 0.4) is 0 Å². The van der Waals surface area contributed by atoms with E-state index in [4.69, 9.17) is 9.47 Å².